The third-order valence-electron chi connectivity index (χ3n) is 5.42. The van der Waals surface area contributed by atoms with Gasteiger partial charge in [-0.05, 0) is 44.4 Å². The Balaban J connectivity index is 1.61. The van der Waals surface area contributed by atoms with Crippen molar-refractivity contribution in [1.29, 1.82) is 0 Å². The highest BCUT2D eigenvalue weighted by atomic mass is 16.5. The molecule has 1 atom stereocenters. The lowest BCUT2D eigenvalue weighted by Gasteiger charge is -2.34. The highest BCUT2D eigenvalue weighted by molar-refractivity contribution is 5.43. The van der Waals surface area contributed by atoms with Crippen LogP contribution in [0.4, 0.5) is 5.82 Å². The van der Waals surface area contributed by atoms with E-state index in [1.165, 1.54) is 0 Å². The minimum atomic E-state index is -0.00453. The quantitative estimate of drug-likeness (QED) is 0.789. The fourth-order valence-electron chi connectivity index (χ4n) is 3.73. The molecule has 28 heavy (non-hydrogen) atoms. The van der Waals surface area contributed by atoms with E-state index in [1.54, 1.807) is 31.2 Å². The predicted octanol–water partition coefficient (Wildman–Crippen LogP) is 2.60. The van der Waals surface area contributed by atoms with E-state index in [0.717, 1.165) is 43.0 Å². The van der Waals surface area contributed by atoms with Crippen LogP contribution < -0.4 is 25.2 Å². The molecule has 1 aromatic heterocycles. The van der Waals surface area contributed by atoms with Gasteiger partial charge in [0.1, 0.15) is 0 Å². The van der Waals surface area contributed by atoms with Crippen LogP contribution in [0.2, 0.25) is 0 Å². The number of benzene rings is 1. The third kappa shape index (κ3) is 4.30. The first kappa shape index (κ1) is 20.2. The van der Waals surface area contributed by atoms with Gasteiger partial charge in [0.25, 0.3) is 5.56 Å². The average molecular weight is 386 g/mol. The summed E-state index contributed by atoms with van der Waals surface area (Å²) in [5.41, 5.74) is 1.16. The van der Waals surface area contributed by atoms with Gasteiger partial charge in [-0.3, -0.25) is 4.79 Å². The van der Waals surface area contributed by atoms with Gasteiger partial charge < -0.3 is 24.3 Å². The van der Waals surface area contributed by atoms with Crippen molar-refractivity contribution in [2.75, 3.05) is 32.2 Å². The van der Waals surface area contributed by atoms with Gasteiger partial charge in [-0.25, -0.2) is 4.98 Å². The summed E-state index contributed by atoms with van der Waals surface area (Å²) in [5.74, 6) is 2.04. The Morgan fingerprint density at radius 1 is 1.21 bits per heavy atom. The molecule has 1 saturated heterocycles. The lowest BCUT2D eigenvalue weighted by atomic mass is 10.0. The van der Waals surface area contributed by atoms with Crippen LogP contribution in [0.1, 0.15) is 38.3 Å². The first-order chi connectivity index (χ1) is 13.6. The van der Waals surface area contributed by atoms with Gasteiger partial charge >= 0.3 is 0 Å². The number of anilines is 1. The summed E-state index contributed by atoms with van der Waals surface area (Å²) >= 11 is 0. The highest BCUT2D eigenvalue weighted by Gasteiger charge is 2.24. The van der Waals surface area contributed by atoms with Gasteiger partial charge in [-0.1, -0.05) is 6.07 Å². The summed E-state index contributed by atoms with van der Waals surface area (Å²) in [6.07, 6.45) is 5.40. The average Bonchev–Trinajstić information content (AvgIpc) is 2.74. The molecule has 2 heterocycles. The van der Waals surface area contributed by atoms with E-state index >= 15 is 0 Å². The van der Waals surface area contributed by atoms with Gasteiger partial charge in [-0.2, -0.15) is 0 Å². The number of rotatable bonds is 7. The zero-order valence-corrected chi connectivity index (χ0v) is 17.1. The molecule has 1 aliphatic heterocycles. The van der Waals surface area contributed by atoms with Gasteiger partial charge in [-0.15, -0.1) is 0 Å². The topological polar surface area (TPSA) is 68.6 Å². The van der Waals surface area contributed by atoms with Crippen LogP contribution in [0.15, 0.2) is 35.4 Å². The summed E-state index contributed by atoms with van der Waals surface area (Å²) < 4.78 is 12.4. The number of nitrogens with one attached hydrogen (secondary N) is 1. The molecule has 0 aliphatic carbocycles. The van der Waals surface area contributed by atoms with Crippen LogP contribution >= 0.6 is 0 Å². The maximum absolute atomic E-state index is 12.5. The monoisotopic (exact) mass is 386 g/mol. The fraction of sp³-hybridized carbons (Fsp3) is 0.524. The van der Waals surface area contributed by atoms with Gasteiger partial charge in [0.2, 0.25) is 0 Å². The number of aryl methyl sites for hydroxylation is 1. The minimum Gasteiger partial charge on any atom is -0.493 e. The van der Waals surface area contributed by atoms with Crippen LogP contribution in [0, 0.1) is 0 Å². The van der Waals surface area contributed by atoms with E-state index in [4.69, 9.17) is 9.47 Å². The molecule has 0 spiro atoms. The Labute approximate surface area is 166 Å². The number of aromatic nitrogens is 2. The minimum absolute atomic E-state index is 0.00453. The second-order valence-corrected chi connectivity index (χ2v) is 7.11. The number of piperidine rings is 1. The SMILES string of the molecule is CCn1ccnc(N2CCC(NC(C)c3ccc(OC)c(OC)c3)CC2)c1=O. The van der Waals surface area contributed by atoms with Crippen molar-refractivity contribution in [2.45, 2.75) is 45.3 Å². The fourth-order valence-corrected chi connectivity index (χ4v) is 3.73. The summed E-state index contributed by atoms with van der Waals surface area (Å²) in [6.45, 7) is 6.44. The molecule has 0 bridgehead atoms. The van der Waals surface area contributed by atoms with Crippen LogP contribution in [-0.2, 0) is 6.54 Å². The summed E-state index contributed by atoms with van der Waals surface area (Å²) in [4.78, 5) is 18.9. The molecule has 3 rings (SSSR count). The lowest BCUT2D eigenvalue weighted by Crippen LogP contribution is -2.45. The van der Waals surface area contributed by atoms with E-state index in [2.05, 4.69) is 28.2 Å². The largest absolute Gasteiger partial charge is 0.493 e. The van der Waals surface area contributed by atoms with Crippen molar-refractivity contribution in [2.24, 2.45) is 0 Å². The first-order valence-corrected chi connectivity index (χ1v) is 9.85. The van der Waals surface area contributed by atoms with Gasteiger partial charge in [0, 0.05) is 44.1 Å². The van der Waals surface area contributed by atoms with Crippen molar-refractivity contribution in [1.82, 2.24) is 14.9 Å². The Hall–Kier alpha value is -2.54. The molecule has 1 aliphatic rings. The Kier molecular flexibility index (Phi) is 6.57. The van der Waals surface area contributed by atoms with E-state index in [0.29, 0.717) is 18.4 Å². The molecule has 0 amide bonds. The molecule has 1 unspecified atom stereocenters. The Morgan fingerprint density at radius 3 is 2.57 bits per heavy atom. The zero-order valence-electron chi connectivity index (χ0n) is 17.1. The molecule has 1 N–H and O–H groups in total. The highest BCUT2D eigenvalue weighted by Crippen LogP contribution is 2.30. The summed E-state index contributed by atoms with van der Waals surface area (Å²) in [7, 11) is 3.30. The number of ether oxygens (including phenoxy) is 2. The van der Waals surface area contributed by atoms with Crippen LogP contribution in [0.5, 0.6) is 11.5 Å². The van der Waals surface area contributed by atoms with Crippen molar-refractivity contribution < 1.29 is 9.47 Å². The normalized spacial score (nSPS) is 16.1. The van der Waals surface area contributed by atoms with E-state index in [9.17, 15) is 4.79 Å². The molecular weight excluding hydrogens is 356 g/mol. The molecule has 2 aromatic rings. The molecule has 1 aromatic carbocycles. The molecule has 0 radical (unpaired) electrons. The molecule has 152 valence electrons. The molecule has 1 fully saturated rings. The lowest BCUT2D eigenvalue weighted by molar-refractivity contribution is 0.351. The van der Waals surface area contributed by atoms with Crippen molar-refractivity contribution in [3.63, 3.8) is 0 Å². The third-order valence-corrected chi connectivity index (χ3v) is 5.42. The van der Waals surface area contributed by atoms with Crippen LogP contribution in [0.3, 0.4) is 0 Å². The molecule has 0 saturated carbocycles. The second kappa shape index (κ2) is 9.10. The van der Waals surface area contributed by atoms with Crippen LogP contribution in [-0.4, -0.2) is 42.9 Å². The maximum Gasteiger partial charge on any atom is 0.293 e. The maximum atomic E-state index is 12.5. The second-order valence-electron chi connectivity index (χ2n) is 7.11. The van der Waals surface area contributed by atoms with E-state index < -0.39 is 0 Å². The number of methoxy groups -OCH3 is 2. The number of hydrogen-bond donors (Lipinski definition) is 1. The number of hydrogen-bond acceptors (Lipinski definition) is 6. The van der Waals surface area contributed by atoms with E-state index in [1.807, 2.05) is 19.1 Å². The number of nitrogens with zero attached hydrogens (tertiary/aromatic N) is 3. The standard InChI is InChI=1S/C21H30N4O3/c1-5-24-13-10-22-20(21(24)26)25-11-8-17(9-12-25)23-15(2)16-6-7-18(27-3)19(14-16)28-4/h6-7,10,13-15,17,23H,5,8-9,11-12H2,1-4H3. The zero-order chi connectivity index (χ0) is 20.1. The van der Waals surface area contributed by atoms with E-state index in [-0.39, 0.29) is 11.6 Å². The van der Waals surface area contributed by atoms with Gasteiger partial charge in [0.05, 0.1) is 14.2 Å². The summed E-state index contributed by atoms with van der Waals surface area (Å²) in [6, 6.07) is 6.62. The van der Waals surface area contributed by atoms with Crippen molar-refractivity contribution in [3.05, 3.63) is 46.5 Å². The van der Waals surface area contributed by atoms with Crippen molar-refractivity contribution in [3.8, 4) is 11.5 Å². The van der Waals surface area contributed by atoms with Crippen molar-refractivity contribution >= 4 is 5.82 Å². The Morgan fingerprint density at radius 2 is 1.93 bits per heavy atom. The van der Waals surface area contributed by atoms with Gasteiger partial charge in [0.15, 0.2) is 17.3 Å². The van der Waals surface area contributed by atoms with Crippen LogP contribution in [0.25, 0.3) is 0 Å². The first-order valence-electron chi connectivity index (χ1n) is 9.85. The molecule has 7 nitrogen and oxygen atoms in total. The predicted molar refractivity (Wildman–Crippen MR) is 111 cm³/mol. The Bertz CT molecular complexity index is 844. The molecule has 7 heteroatoms. The molecular formula is C21H30N4O3. The summed E-state index contributed by atoms with van der Waals surface area (Å²) in [5, 5.41) is 3.71. The smallest absolute Gasteiger partial charge is 0.293 e.